The lowest BCUT2D eigenvalue weighted by Crippen LogP contribution is -2.16. The van der Waals surface area contributed by atoms with Crippen molar-refractivity contribution in [3.63, 3.8) is 0 Å². The molecule has 0 bridgehead atoms. The van der Waals surface area contributed by atoms with Gasteiger partial charge in [-0.15, -0.1) is 11.3 Å². The van der Waals surface area contributed by atoms with E-state index in [0.29, 0.717) is 0 Å². The fraction of sp³-hybridized carbons (Fsp3) is 0.500. The molecule has 1 saturated carbocycles. The Kier molecular flexibility index (Phi) is 3.48. The fourth-order valence-electron chi connectivity index (χ4n) is 2.01. The van der Waals surface area contributed by atoms with Crippen molar-refractivity contribution in [2.75, 3.05) is 6.54 Å². The molecule has 0 aromatic carbocycles. The highest BCUT2D eigenvalue weighted by atomic mass is 32.1. The molecule has 2 aromatic heterocycles. The van der Waals surface area contributed by atoms with E-state index in [1.807, 2.05) is 17.5 Å². The van der Waals surface area contributed by atoms with Crippen LogP contribution >= 0.6 is 11.3 Å². The predicted octanol–water partition coefficient (Wildman–Crippen LogP) is 3.20. The Balaban J connectivity index is 1.60. The van der Waals surface area contributed by atoms with E-state index >= 15 is 0 Å². The SMILES string of the molecule is CCc1ccc(-c2cnc(CNCC3CC3)[nH]2)s1. The lowest BCUT2D eigenvalue weighted by atomic mass is 10.3. The molecule has 0 radical (unpaired) electrons. The summed E-state index contributed by atoms with van der Waals surface area (Å²) in [6.07, 6.45) is 5.84. The van der Waals surface area contributed by atoms with Crippen molar-refractivity contribution in [3.8, 4) is 10.6 Å². The van der Waals surface area contributed by atoms with E-state index in [9.17, 15) is 0 Å². The van der Waals surface area contributed by atoms with Crippen LogP contribution in [0.15, 0.2) is 18.3 Å². The Morgan fingerprint density at radius 2 is 2.33 bits per heavy atom. The van der Waals surface area contributed by atoms with Crippen molar-refractivity contribution < 1.29 is 0 Å². The van der Waals surface area contributed by atoms with Crippen LogP contribution in [-0.4, -0.2) is 16.5 Å². The largest absolute Gasteiger partial charge is 0.340 e. The number of nitrogens with zero attached hydrogens (tertiary/aromatic N) is 1. The van der Waals surface area contributed by atoms with Gasteiger partial charge in [-0.3, -0.25) is 0 Å². The molecule has 0 atom stereocenters. The molecular formula is C14H19N3S. The summed E-state index contributed by atoms with van der Waals surface area (Å²) in [7, 11) is 0. The topological polar surface area (TPSA) is 40.7 Å². The molecule has 0 saturated heterocycles. The van der Waals surface area contributed by atoms with Gasteiger partial charge < -0.3 is 10.3 Å². The van der Waals surface area contributed by atoms with Gasteiger partial charge >= 0.3 is 0 Å². The lowest BCUT2D eigenvalue weighted by Gasteiger charge is -1.99. The quantitative estimate of drug-likeness (QED) is 0.838. The van der Waals surface area contributed by atoms with E-state index in [1.54, 1.807) is 0 Å². The van der Waals surface area contributed by atoms with E-state index in [4.69, 9.17) is 0 Å². The van der Waals surface area contributed by atoms with Gasteiger partial charge in [0.15, 0.2) is 0 Å². The van der Waals surface area contributed by atoms with Crippen LogP contribution in [0.1, 0.15) is 30.5 Å². The second-order valence-corrected chi connectivity index (χ2v) is 6.11. The summed E-state index contributed by atoms with van der Waals surface area (Å²) in [5.41, 5.74) is 1.14. The van der Waals surface area contributed by atoms with Crippen LogP contribution in [0, 0.1) is 5.92 Å². The van der Waals surface area contributed by atoms with E-state index < -0.39 is 0 Å². The number of aromatic amines is 1. The number of aryl methyl sites for hydroxylation is 1. The van der Waals surface area contributed by atoms with Gasteiger partial charge in [0.2, 0.25) is 0 Å². The number of hydrogen-bond donors (Lipinski definition) is 2. The van der Waals surface area contributed by atoms with Crippen molar-refractivity contribution >= 4 is 11.3 Å². The molecule has 1 aliphatic rings. The highest BCUT2D eigenvalue weighted by Crippen LogP contribution is 2.28. The minimum Gasteiger partial charge on any atom is -0.340 e. The van der Waals surface area contributed by atoms with Gasteiger partial charge in [-0.25, -0.2) is 4.98 Å². The Bertz CT molecular complexity index is 511. The van der Waals surface area contributed by atoms with Gasteiger partial charge in [0.25, 0.3) is 0 Å². The van der Waals surface area contributed by atoms with Gasteiger partial charge in [0.1, 0.15) is 5.82 Å². The Labute approximate surface area is 112 Å². The summed E-state index contributed by atoms with van der Waals surface area (Å²) in [6, 6.07) is 4.38. The van der Waals surface area contributed by atoms with Gasteiger partial charge in [-0.05, 0) is 43.9 Å². The number of rotatable bonds is 6. The van der Waals surface area contributed by atoms with E-state index in [-0.39, 0.29) is 0 Å². The third-order valence-corrected chi connectivity index (χ3v) is 4.59. The fourth-order valence-corrected chi connectivity index (χ4v) is 2.92. The van der Waals surface area contributed by atoms with E-state index in [2.05, 4.69) is 34.3 Å². The number of H-pyrrole nitrogens is 1. The van der Waals surface area contributed by atoms with Crippen LogP contribution in [0.4, 0.5) is 0 Å². The molecule has 1 fully saturated rings. The van der Waals surface area contributed by atoms with Crippen molar-refractivity contribution in [2.24, 2.45) is 5.92 Å². The molecule has 4 heteroatoms. The number of nitrogens with one attached hydrogen (secondary N) is 2. The summed E-state index contributed by atoms with van der Waals surface area (Å²) >= 11 is 1.85. The molecule has 2 heterocycles. The minimum absolute atomic E-state index is 0.850. The summed E-state index contributed by atoms with van der Waals surface area (Å²) in [4.78, 5) is 10.5. The van der Waals surface area contributed by atoms with Crippen molar-refractivity contribution in [1.29, 1.82) is 0 Å². The highest BCUT2D eigenvalue weighted by molar-refractivity contribution is 7.15. The van der Waals surface area contributed by atoms with Crippen LogP contribution in [0.3, 0.4) is 0 Å². The Morgan fingerprint density at radius 3 is 3.06 bits per heavy atom. The third kappa shape index (κ3) is 2.82. The lowest BCUT2D eigenvalue weighted by molar-refractivity contribution is 0.623. The maximum Gasteiger partial charge on any atom is 0.120 e. The van der Waals surface area contributed by atoms with Gasteiger partial charge in [-0.2, -0.15) is 0 Å². The van der Waals surface area contributed by atoms with Crippen LogP contribution in [0.2, 0.25) is 0 Å². The number of thiophene rings is 1. The molecule has 3 nitrogen and oxygen atoms in total. The smallest absolute Gasteiger partial charge is 0.120 e. The molecule has 18 heavy (non-hydrogen) atoms. The first-order chi connectivity index (χ1) is 8.85. The van der Waals surface area contributed by atoms with Crippen LogP contribution in [0.5, 0.6) is 0 Å². The summed E-state index contributed by atoms with van der Waals surface area (Å²) < 4.78 is 0. The number of imidazole rings is 1. The molecule has 2 N–H and O–H groups in total. The molecule has 0 unspecified atom stereocenters. The second-order valence-electron chi connectivity index (χ2n) is 4.94. The van der Waals surface area contributed by atoms with E-state index in [0.717, 1.165) is 36.9 Å². The van der Waals surface area contributed by atoms with Crippen molar-refractivity contribution in [3.05, 3.63) is 29.0 Å². The molecule has 0 aliphatic heterocycles. The molecule has 2 aromatic rings. The molecular weight excluding hydrogens is 242 g/mol. The number of hydrogen-bond acceptors (Lipinski definition) is 3. The van der Waals surface area contributed by atoms with Crippen LogP contribution < -0.4 is 5.32 Å². The zero-order valence-electron chi connectivity index (χ0n) is 10.7. The number of aromatic nitrogens is 2. The zero-order chi connectivity index (χ0) is 12.4. The third-order valence-electron chi connectivity index (χ3n) is 3.33. The monoisotopic (exact) mass is 261 g/mol. The first-order valence-electron chi connectivity index (χ1n) is 6.69. The van der Waals surface area contributed by atoms with Gasteiger partial charge in [0.05, 0.1) is 23.3 Å². The molecule has 96 valence electrons. The van der Waals surface area contributed by atoms with Crippen molar-refractivity contribution in [2.45, 2.75) is 32.7 Å². The minimum atomic E-state index is 0.850. The van der Waals surface area contributed by atoms with Gasteiger partial charge in [-0.1, -0.05) is 6.92 Å². The highest BCUT2D eigenvalue weighted by Gasteiger charge is 2.20. The Hall–Kier alpha value is -1.13. The average molecular weight is 261 g/mol. The molecule has 0 amide bonds. The van der Waals surface area contributed by atoms with Crippen LogP contribution in [-0.2, 0) is 13.0 Å². The zero-order valence-corrected chi connectivity index (χ0v) is 11.5. The molecule has 1 aliphatic carbocycles. The maximum atomic E-state index is 4.43. The summed E-state index contributed by atoms with van der Waals surface area (Å²) in [6.45, 7) is 4.17. The predicted molar refractivity (Wildman–Crippen MR) is 75.7 cm³/mol. The molecule has 3 rings (SSSR count). The maximum absolute atomic E-state index is 4.43. The van der Waals surface area contributed by atoms with Crippen molar-refractivity contribution in [1.82, 2.24) is 15.3 Å². The second kappa shape index (κ2) is 5.24. The normalized spacial score (nSPS) is 15.2. The van der Waals surface area contributed by atoms with Gasteiger partial charge in [0, 0.05) is 4.88 Å². The van der Waals surface area contributed by atoms with E-state index in [1.165, 1.54) is 22.6 Å². The molecule has 0 spiro atoms. The first-order valence-corrected chi connectivity index (χ1v) is 7.50. The van der Waals surface area contributed by atoms with Crippen LogP contribution in [0.25, 0.3) is 10.6 Å². The summed E-state index contributed by atoms with van der Waals surface area (Å²) in [5, 5.41) is 3.45. The Morgan fingerprint density at radius 1 is 1.44 bits per heavy atom. The standard InChI is InChI=1S/C14H19N3S/c1-2-11-5-6-13(18-11)12-8-16-14(17-12)9-15-7-10-3-4-10/h5-6,8,10,15H,2-4,7,9H2,1H3,(H,16,17). The average Bonchev–Trinajstić information content (AvgIpc) is 2.92. The first kappa shape index (κ1) is 11.9. The summed E-state index contributed by atoms with van der Waals surface area (Å²) in [5.74, 6) is 1.96.